The zero-order valence-electron chi connectivity index (χ0n) is 9.93. The van der Waals surface area contributed by atoms with Gasteiger partial charge in [0.15, 0.2) is 0 Å². The minimum Gasteiger partial charge on any atom is -0.370 e. The summed E-state index contributed by atoms with van der Waals surface area (Å²) in [5.41, 5.74) is 1.05. The second-order valence-electron chi connectivity index (χ2n) is 3.95. The molecule has 1 N–H and O–H groups in total. The van der Waals surface area contributed by atoms with Crippen molar-refractivity contribution in [3.05, 3.63) is 34.3 Å². The van der Waals surface area contributed by atoms with E-state index < -0.39 is 12.8 Å². The lowest BCUT2D eigenvalue weighted by Crippen LogP contribution is -2.34. The van der Waals surface area contributed by atoms with Crippen molar-refractivity contribution < 1.29 is 17.9 Å². The maximum Gasteiger partial charge on any atom is 0.411 e. The summed E-state index contributed by atoms with van der Waals surface area (Å²) in [5, 5.41) is 2.95. The summed E-state index contributed by atoms with van der Waals surface area (Å²) in [7, 11) is 1.71. The van der Waals surface area contributed by atoms with E-state index in [1.807, 2.05) is 24.3 Å². The van der Waals surface area contributed by atoms with Crippen LogP contribution in [0, 0.1) is 0 Å². The SMILES string of the molecule is CNC(COCC(F)(F)F)Cc1ccc(Br)cc1. The van der Waals surface area contributed by atoms with Crippen LogP contribution in [-0.4, -0.2) is 32.5 Å². The first-order valence-corrected chi connectivity index (χ1v) is 6.26. The molecular formula is C12H15BrF3NO. The van der Waals surface area contributed by atoms with Gasteiger partial charge in [0.25, 0.3) is 0 Å². The Bertz CT molecular complexity index is 353. The van der Waals surface area contributed by atoms with Crippen LogP contribution in [0.3, 0.4) is 0 Å². The molecule has 1 atom stereocenters. The van der Waals surface area contributed by atoms with E-state index in [-0.39, 0.29) is 12.6 Å². The van der Waals surface area contributed by atoms with Gasteiger partial charge >= 0.3 is 6.18 Å². The monoisotopic (exact) mass is 325 g/mol. The first-order chi connectivity index (χ1) is 8.40. The molecule has 102 valence electrons. The molecule has 2 nitrogen and oxygen atoms in total. The van der Waals surface area contributed by atoms with Crippen LogP contribution in [0.2, 0.25) is 0 Å². The number of alkyl halides is 3. The van der Waals surface area contributed by atoms with Gasteiger partial charge in [0.1, 0.15) is 6.61 Å². The largest absolute Gasteiger partial charge is 0.411 e. The Morgan fingerprint density at radius 2 is 1.89 bits per heavy atom. The van der Waals surface area contributed by atoms with E-state index in [0.717, 1.165) is 10.0 Å². The molecule has 0 bridgehead atoms. The summed E-state index contributed by atoms with van der Waals surface area (Å²) < 4.78 is 41.4. The molecule has 0 heterocycles. The predicted octanol–water partition coefficient (Wildman–Crippen LogP) is 3.16. The van der Waals surface area contributed by atoms with Crippen molar-refractivity contribution in [2.24, 2.45) is 0 Å². The summed E-state index contributed by atoms with van der Waals surface area (Å²) in [6.45, 7) is -1.17. The molecule has 0 aliphatic rings. The van der Waals surface area contributed by atoms with E-state index in [2.05, 4.69) is 26.0 Å². The standard InChI is InChI=1S/C12H15BrF3NO/c1-17-11(7-18-8-12(14,15)16)6-9-2-4-10(13)5-3-9/h2-5,11,17H,6-8H2,1H3. The van der Waals surface area contributed by atoms with Gasteiger partial charge in [-0.2, -0.15) is 13.2 Å². The lowest BCUT2D eigenvalue weighted by molar-refractivity contribution is -0.175. The normalized spacial score (nSPS) is 13.6. The van der Waals surface area contributed by atoms with Gasteiger partial charge in [0.2, 0.25) is 0 Å². The molecule has 1 aromatic rings. The molecular weight excluding hydrogens is 311 g/mol. The summed E-state index contributed by atoms with van der Waals surface area (Å²) in [6, 6.07) is 7.53. The molecule has 0 saturated heterocycles. The van der Waals surface area contributed by atoms with Crippen molar-refractivity contribution in [3.63, 3.8) is 0 Å². The summed E-state index contributed by atoms with van der Waals surface area (Å²) in [4.78, 5) is 0. The number of halogens is 4. The second-order valence-corrected chi connectivity index (χ2v) is 4.86. The van der Waals surface area contributed by atoms with Gasteiger partial charge < -0.3 is 10.1 Å². The maximum absolute atomic E-state index is 11.9. The van der Waals surface area contributed by atoms with Crippen LogP contribution in [-0.2, 0) is 11.2 Å². The van der Waals surface area contributed by atoms with Crippen molar-refractivity contribution in [2.45, 2.75) is 18.6 Å². The van der Waals surface area contributed by atoms with Crippen LogP contribution in [0.25, 0.3) is 0 Å². The Morgan fingerprint density at radius 1 is 1.28 bits per heavy atom. The molecule has 0 fully saturated rings. The van der Waals surface area contributed by atoms with Crippen LogP contribution in [0.15, 0.2) is 28.7 Å². The van der Waals surface area contributed by atoms with Gasteiger partial charge in [-0.1, -0.05) is 28.1 Å². The number of likely N-dealkylation sites (N-methyl/N-ethyl adjacent to an activating group) is 1. The fourth-order valence-corrected chi connectivity index (χ4v) is 1.73. The number of rotatable bonds is 6. The molecule has 0 radical (unpaired) electrons. The molecule has 0 saturated carbocycles. The molecule has 6 heteroatoms. The predicted molar refractivity (Wildman–Crippen MR) is 67.6 cm³/mol. The van der Waals surface area contributed by atoms with Gasteiger partial charge in [-0.3, -0.25) is 0 Å². The Balaban J connectivity index is 2.40. The summed E-state index contributed by atoms with van der Waals surface area (Å²) >= 11 is 3.33. The molecule has 0 aliphatic heterocycles. The Labute approximate surface area is 113 Å². The zero-order chi connectivity index (χ0) is 13.6. The zero-order valence-corrected chi connectivity index (χ0v) is 11.5. The third-order valence-electron chi connectivity index (χ3n) is 2.39. The summed E-state index contributed by atoms with van der Waals surface area (Å²) in [5.74, 6) is 0. The molecule has 0 spiro atoms. The maximum atomic E-state index is 11.9. The van der Waals surface area contributed by atoms with Crippen molar-refractivity contribution in [3.8, 4) is 0 Å². The number of hydrogen-bond acceptors (Lipinski definition) is 2. The van der Waals surface area contributed by atoms with Crippen LogP contribution in [0.1, 0.15) is 5.56 Å². The molecule has 0 aliphatic carbocycles. The number of nitrogens with one attached hydrogen (secondary N) is 1. The van der Waals surface area contributed by atoms with Gasteiger partial charge in [0.05, 0.1) is 6.61 Å². The molecule has 1 rings (SSSR count). The van der Waals surface area contributed by atoms with Gasteiger partial charge in [-0.15, -0.1) is 0 Å². The average Bonchev–Trinajstić information content (AvgIpc) is 2.29. The number of benzene rings is 1. The highest BCUT2D eigenvalue weighted by Crippen LogP contribution is 2.15. The third-order valence-corrected chi connectivity index (χ3v) is 2.92. The Morgan fingerprint density at radius 3 is 2.39 bits per heavy atom. The fraction of sp³-hybridized carbons (Fsp3) is 0.500. The van der Waals surface area contributed by atoms with Crippen LogP contribution in [0.5, 0.6) is 0 Å². The van der Waals surface area contributed by atoms with Crippen molar-refractivity contribution in [1.82, 2.24) is 5.32 Å². The quantitative estimate of drug-likeness (QED) is 0.867. The lowest BCUT2D eigenvalue weighted by atomic mass is 10.1. The topological polar surface area (TPSA) is 21.3 Å². The average molecular weight is 326 g/mol. The Hall–Kier alpha value is -0.590. The highest BCUT2D eigenvalue weighted by atomic mass is 79.9. The van der Waals surface area contributed by atoms with Gasteiger partial charge in [0, 0.05) is 10.5 Å². The van der Waals surface area contributed by atoms with Gasteiger partial charge in [-0.25, -0.2) is 0 Å². The number of hydrogen-bond donors (Lipinski definition) is 1. The minimum atomic E-state index is -4.27. The molecule has 0 aromatic heterocycles. The summed E-state index contributed by atoms with van der Waals surface area (Å²) in [6.07, 6.45) is -3.64. The van der Waals surface area contributed by atoms with E-state index in [0.29, 0.717) is 6.42 Å². The van der Waals surface area contributed by atoms with Gasteiger partial charge in [-0.05, 0) is 31.2 Å². The molecule has 1 aromatic carbocycles. The van der Waals surface area contributed by atoms with Crippen LogP contribution < -0.4 is 5.32 Å². The molecule has 18 heavy (non-hydrogen) atoms. The minimum absolute atomic E-state index is 0.0338. The molecule has 0 amide bonds. The number of ether oxygens (including phenoxy) is 1. The first kappa shape index (κ1) is 15.5. The van der Waals surface area contributed by atoms with Crippen LogP contribution >= 0.6 is 15.9 Å². The smallest absolute Gasteiger partial charge is 0.370 e. The second kappa shape index (κ2) is 7.11. The fourth-order valence-electron chi connectivity index (χ4n) is 1.47. The highest BCUT2D eigenvalue weighted by Gasteiger charge is 2.27. The molecule has 1 unspecified atom stereocenters. The van der Waals surface area contributed by atoms with Crippen LogP contribution in [0.4, 0.5) is 13.2 Å². The highest BCUT2D eigenvalue weighted by molar-refractivity contribution is 9.10. The van der Waals surface area contributed by atoms with Crippen molar-refractivity contribution in [2.75, 3.05) is 20.3 Å². The van der Waals surface area contributed by atoms with E-state index >= 15 is 0 Å². The van der Waals surface area contributed by atoms with Crippen molar-refractivity contribution >= 4 is 15.9 Å². The van der Waals surface area contributed by atoms with E-state index in [1.165, 1.54) is 0 Å². The van der Waals surface area contributed by atoms with E-state index in [9.17, 15) is 13.2 Å². The third kappa shape index (κ3) is 6.37. The lowest BCUT2D eigenvalue weighted by Gasteiger charge is -2.17. The van der Waals surface area contributed by atoms with E-state index in [4.69, 9.17) is 0 Å². The van der Waals surface area contributed by atoms with E-state index in [1.54, 1.807) is 7.05 Å². The Kier molecular flexibility index (Phi) is 6.11. The first-order valence-electron chi connectivity index (χ1n) is 5.47. The van der Waals surface area contributed by atoms with Crippen molar-refractivity contribution in [1.29, 1.82) is 0 Å².